The molecule has 0 heterocycles. The zero-order valence-corrected chi connectivity index (χ0v) is 16.9. The summed E-state index contributed by atoms with van der Waals surface area (Å²) in [6.07, 6.45) is -3.60. The average Bonchev–Trinajstić information content (AvgIpc) is 2.72. The second kappa shape index (κ2) is 8.81. The van der Waals surface area contributed by atoms with E-state index in [9.17, 15) is 26.4 Å². The maximum atomic E-state index is 12.9. The van der Waals surface area contributed by atoms with E-state index in [0.29, 0.717) is 18.9 Å². The van der Waals surface area contributed by atoms with Crippen LogP contribution in [-0.4, -0.2) is 19.5 Å². The Kier molecular flexibility index (Phi) is 6.35. The highest BCUT2D eigenvalue weighted by molar-refractivity contribution is 7.92. The monoisotopic (exact) mass is 449 g/mol. The molecule has 0 radical (unpaired) electrons. The molecule has 9 heteroatoms. The summed E-state index contributed by atoms with van der Waals surface area (Å²) in [5.41, 5.74) is 0.946. The quantitative estimate of drug-likeness (QED) is 0.532. The van der Waals surface area contributed by atoms with Crippen LogP contribution in [0.25, 0.3) is 0 Å². The molecule has 2 N–H and O–H groups in total. The summed E-state index contributed by atoms with van der Waals surface area (Å²) in [6.45, 7) is 0. The van der Waals surface area contributed by atoms with Crippen LogP contribution in [-0.2, 0) is 29.0 Å². The lowest BCUT2D eigenvalue weighted by Gasteiger charge is -2.12. The lowest BCUT2D eigenvalue weighted by molar-refractivity contribution is -0.137. The molecular weight excluding hydrogens is 431 g/mol. The molecule has 3 aromatic carbocycles. The first kappa shape index (κ1) is 22.4. The second-order valence-electron chi connectivity index (χ2n) is 6.84. The number of hydrogen-bond donors (Lipinski definition) is 2. The Bertz CT molecular complexity index is 1210. The van der Waals surface area contributed by atoms with Crippen LogP contribution in [0.3, 0.4) is 0 Å². The largest absolute Gasteiger partial charge is 0.478 e. The molecule has 0 bridgehead atoms. The molecule has 0 fully saturated rings. The number of aryl methyl sites for hydroxylation is 2. The summed E-state index contributed by atoms with van der Waals surface area (Å²) in [7, 11) is -4.21. The third-order valence-electron chi connectivity index (χ3n) is 4.53. The number of hydrogen-bond acceptors (Lipinski definition) is 3. The molecule has 31 heavy (non-hydrogen) atoms. The van der Waals surface area contributed by atoms with Gasteiger partial charge in [0.15, 0.2) is 0 Å². The maximum Gasteiger partial charge on any atom is 0.416 e. The van der Waals surface area contributed by atoms with Crippen molar-refractivity contribution in [3.8, 4) is 0 Å². The van der Waals surface area contributed by atoms with E-state index in [1.807, 2.05) is 0 Å². The van der Waals surface area contributed by atoms with Gasteiger partial charge in [0.1, 0.15) is 0 Å². The van der Waals surface area contributed by atoms with E-state index in [1.165, 1.54) is 12.1 Å². The van der Waals surface area contributed by atoms with Crippen molar-refractivity contribution in [2.75, 3.05) is 4.72 Å². The van der Waals surface area contributed by atoms with Crippen LogP contribution in [0, 0.1) is 0 Å². The SMILES string of the molecule is O=C(O)c1cccc(CCc2cccc(NS(=O)(=O)c3cccc(C(F)(F)F)c3)c2)c1. The van der Waals surface area contributed by atoms with Crippen LogP contribution in [0.5, 0.6) is 0 Å². The van der Waals surface area contributed by atoms with Crippen LogP contribution in [0.15, 0.2) is 77.7 Å². The molecule has 0 aromatic heterocycles. The summed E-state index contributed by atoms with van der Waals surface area (Å²) in [6, 6.07) is 16.5. The van der Waals surface area contributed by atoms with Crippen LogP contribution in [0.2, 0.25) is 0 Å². The number of halogens is 3. The molecule has 0 aliphatic carbocycles. The van der Waals surface area contributed by atoms with Crippen molar-refractivity contribution in [2.24, 2.45) is 0 Å². The highest BCUT2D eigenvalue weighted by atomic mass is 32.2. The molecule has 162 valence electrons. The van der Waals surface area contributed by atoms with E-state index in [4.69, 9.17) is 5.11 Å². The number of carboxylic acids is 1. The normalized spacial score (nSPS) is 11.8. The van der Waals surface area contributed by atoms with Crippen LogP contribution < -0.4 is 4.72 Å². The van der Waals surface area contributed by atoms with Gasteiger partial charge >= 0.3 is 12.1 Å². The number of anilines is 1. The van der Waals surface area contributed by atoms with Gasteiger partial charge in [-0.1, -0.05) is 30.3 Å². The lowest BCUT2D eigenvalue weighted by Crippen LogP contribution is -2.14. The minimum absolute atomic E-state index is 0.181. The first-order valence-corrected chi connectivity index (χ1v) is 10.6. The minimum Gasteiger partial charge on any atom is -0.478 e. The molecule has 0 aliphatic rings. The molecule has 0 spiro atoms. The number of benzene rings is 3. The standard InChI is InChI=1S/C22H18F3NO4S/c23-22(24,25)18-7-3-9-20(14-18)31(29,30)26-19-8-2-5-16(13-19)11-10-15-4-1-6-17(12-15)21(27)28/h1-9,12-14,26H,10-11H2,(H,27,28). The first-order chi connectivity index (χ1) is 14.5. The van der Waals surface area contributed by atoms with Gasteiger partial charge in [-0.3, -0.25) is 4.72 Å². The van der Waals surface area contributed by atoms with Gasteiger partial charge in [0.25, 0.3) is 10.0 Å². The third-order valence-corrected chi connectivity index (χ3v) is 5.91. The number of sulfonamides is 1. The molecule has 3 aromatic rings. The van der Waals surface area contributed by atoms with Gasteiger partial charge in [0, 0.05) is 5.69 Å². The van der Waals surface area contributed by atoms with Crippen LogP contribution in [0.1, 0.15) is 27.0 Å². The van der Waals surface area contributed by atoms with E-state index < -0.39 is 32.6 Å². The zero-order valence-electron chi connectivity index (χ0n) is 16.1. The highest BCUT2D eigenvalue weighted by Gasteiger charge is 2.31. The summed E-state index contributed by atoms with van der Waals surface area (Å²) in [4.78, 5) is 10.6. The van der Waals surface area contributed by atoms with E-state index in [0.717, 1.165) is 29.3 Å². The van der Waals surface area contributed by atoms with E-state index in [2.05, 4.69) is 4.72 Å². The maximum absolute atomic E-state index is 12.9. The number of carboxylic acid groups (broad SMARTS) is 1. The molecular formula is C22H18F3NO4S. The Morgan fingerprint density at radius 1 is 0.871 bits per heavy atom. The Morgan fingerprint density at radius 2 is 1.48 bits per heavy atom. The van der Waals surface area contributed by atoms with Gasteiger partial charge in [0.2, 0.25) is 0 Å². The van der Waals surface area contributed by atoms with Gasteiger partial charge in [-0.25, -0.2) is 13.2 Å². The molecule has 0 saturated heterocycles. The van der Waals surface area contributed by atoms with Gasteiger partial charge in [0.05, 0.1) is 16.0 Å². The summed E-state index contributed by atoms with van der Waals surface area (Å²) in [5, 5.41) is 9.07. The lowest BCUT2D eigenvalue weighted by atomic mass is 10.0. The third kappa shape index (κ3) is 5.85. The number of aromatic carboxylic acids is 1. The van der Waals surface area contributed by atoms with Crippen molar-refractivity contribution in [1.29, 1.82) is 0 Å². The minimum atomic E-state index is -4.65. The van der Waals surface area contributed by atoms with Crippen LogP contribution >= 0.6 is 0 Å². The van der Waals surface area contributed by atoms with Crippen molar-refractivity contribution in [3.05, 3.63) is 95.1 Å². The fourth-order valence-electron chi connectivity index (χ4n) is 2.99. The predicted molar refractivity (Wildman–Crippen MR) is 110 cm³/mol. The van der Waals surface area contributed by atoms with Crippen molar-refractivity contribution < 1.29 is 31.5 Å². The van der Waals surface area contributed by atoms with Crippen molar-refractivity contribution >= 4 is 21.7 Å². The summed E-state index contributed by atoms with van der Waals surface area (Å²) < 4.78 is 66.0. The molecule has 0 amide bonds. The van der Waals surface area contributed by atoms with Gasteiger partial charge in [-0.15, -0.1) is 0 Å². The smallest absolute Gasteiger partial charge is 0.416 e. The summed E-state index contributed by atoms with van der Waals surface area (Å²) in [5.74, 6) is -1.02. The van der Waals surface area contributed by atoms with Crippen molar-refractivity contribution in [2.45, 2.75) is 23.9 Å². The van der Waals surface area contributed by atoms with Gasteiger partial charge < -0.3 is 5.11 Å². The fraction of sp³-hybridized carbons (Fsp3) is 0.136. The van der Waals surface area contributed by atoms with Crippen molar-refractivity contribution in [1.82, 2.24) is 0 Å². The number of nitrogens with one attached hydrogen (secondary N) is 1. The number of carbonyl (C=O) groups is 1. The predicted octanol–water partition coefficient (Wildman–Crippen LogP) is 4.99. The van der Waals surface area contributed by atoms with E-state index >= 15 is 0 Å². The Morgan fingerprint density at radius 3 is 2.13 bits per heavy atom. The molecule has 0 atom stereocenters. The number of alkyl halides is 3. The Hall–Kier alpha value is -3.33. The Labute approximate surface area is 177 Å². The zero-order chi connectivity index (χ0) is 22.6. The molecule has 0 aliphatic heterocycles. The van der Waals surface area contributed by atoms with Gasteiger partial charge in [-0.2, -0.15) is 13.2 Å². The topological polar surface area (TPSA) is 83.5 Å². The van der Waals surface area contributed by atoms with E-state index in [-0.39, 0.29) is 11.3 Å². The summed E-state index contributed by atoms with van der Waals surface area (Å²) >= 11 is 0. The molecule has 0 unspecified atom stereocenters. The second-order valence-corrected chi connectivity index (χ2v) is 8.52. The fourth-order valence-corrected chi connectivity index (χ4v) is 4.09. The highest BCUT2D eigenvalue weighted by Crippen LogP contribution is 2.31. The first-order valence-electron chi connectivity index (χ1n) is 9.16. The molecule has 3 rings (SSSR count). The molecule has 5 nitrogen and oxygen atoms in total. The van der Waals surface area contributed by atoms with Crippen molar-refractivity contribution in [3.63, 3.8) is 0 Å². The average molecular weight is 449 g/mol. The number of rotatable bonds is 7. The molecule has 0 saturated carbocycles. The van der Waals surface area contributed by atoms with Crippen LogP contribution in [0.4, 0.5) is 18.9 Å². The van der Waals surface area contributed by atoms with E-state index in [1.54, 1.807) is 36.4 Å². The van der Waals surface area contributed by atoms with Gasteiger partial charge in [-0.05, 0) is 66.4 Å². The Balaban J connectivity index is 1.74.